The molecule has 7 heteroatoms. The van der Waals surface area contributed by atoms with E-state index in [1.54, 1.807) is 0 Å². The third-order valence-electron chi connectivity index (χ3n) is 9.41. The molecule has 2 aromatic heterocycles. The van der Waals surface area contributed by atoms with Crippen LogP contribution in [0, 0.1) is 12.8 Å². The minimum absolute atomic E-state index is 0.560. The van der Waals surface area contributed by atoms with Crippen molar-refractivity contribution in [2.75, 3.05) is 13.6 Å². The van der Waals surface area contributed by atoms with E-state index >= 15 is 0 Å². The zero-order valence-electron chi connectivity index (χ0n) is 21.7. The second kappa shape index (κ2) is 7.31. The van der Waals surface area contributed by atoms with Crippen molar-refractivity contribution >= 4 is 28.2 Å². The lowest BCUT2D eigenvalue weighted by Crippen LogP contribution is -2.28. The first kappa shape index (κ1) is 22.0. The fraction of sp³-hybridized carbons (Fsp3) is 0.467. The number of piperazine rings is 1. The Bertz CT molecular complexity index is 1590. The molecule has 1 aliphatic carbocycles. The Morgan fingerprint density at radius 2 is 2.03 bits per heavy atom. The molecule has 7 heterocycles. The molecule has 4 saturated heterocycles. The van der Waals surface area contributed by atoms with Gasteiger partial charge in [-0.15, -0.1) is 0 Å². The van der Waals surface area contributed by atoms with Crippen LogP contribution in [-0.2, 0) is 18.7 Å². The molecule has 37 heavy (non-hydrogen) atoms. The molecule has 2 aromatic carbocycles. The lowest BCUT2D eigenvalue weighted by Gasteiger charge is -2.30. The first-order valence-corrected chi connectivity index (χ1v) is 13.6. The van der Waals surface area contributed by atoms with E-state index in [0.717, 1.165) is 65.1 Å². The second-order valence-electron chi connectivity index (χ2n) is 12.1. The molecule has 5 aliphatic heterocycles. The predicted octanol–water partition coefficient (Wildman–Crippen LogP) is 4.12. The van der Waals surface area contributed by atoms with Gasteiger partial charge in [0.05, 0.1) is 34.5 Å². The van der Waals surface area contributed by atoms with Gasteiger partial charge in [-0.25, -0.2) is 4.98 Å². The Labute approximate surface area is 216 Å². The molecule has 0 amide bonds. The van der Waals surface area contributed by atoms with Crippen LogP contribution in [0.3, 0.4) is 0 Å². The molecule has 10 rings (SSSR count). The third kappa shape index (κ3) is 3.17. The minimum atomic E-state index is -0.956. The summed E-state index contributed by atoms with van der Waals surface area (Å²) in [5.41, 5.74) is 5.79. The predicted molar refractivity (Wildman–Crippen MR) is 144 cm³/mol. The number of hydrogen-bond donors (Lipinski definition) is 1. The van der Waals surface area contributed by atoms with Crippen LogP contribution in [0.25, 0.3) is 33.5 Å². The van der Waals surface area contributed by atoms with Gasteiger partial charge in [-0.1, -0.05) is 12.1 Å². The van der Waals surface area contributed by atoms with Gasteiger partial charge in [0.25, 0.3) is 0 Å². The second-order valence-corrected chi connectivity index (χ2v) is 12.1. The van der Waals surface area contributed by atoms with Crippen molar-refractivity contribution in [2.24, 2.45) is 5.92 Å². The summed E-state index contributed by atoms with van der Waals surface area (Å²) in [5, 5.41) is 12.3. The van der Waals surface area contributed by atoms with E-state index in [2.05, 4.69) is 57.2 Å². The standard InChI is InChI=1S/C25H25N3O2.C5H8N2/c1-15-4-3-5-21-18(15)12-22(28(21)13-16-6-7-16)24-26-20-11-17(14-29)10-19-23(20)27(24)9-8-25(19,2)30;1-6-2-3-4-5(6)7(3)4/h3-5,10-12,14,16,30H,6-9,13H2,1-2H3;3-5H,2H2,1H3. The summed E-state index contributed by atoms with van der Waals surface area (Å²) < 4.78 is 4.67. The number of aryl methyl sites for hydroxylation is 2. The highest BCUT2D eigenvalue weighted by Crippen LogP contribution is 2.58. The molecule has 1 saturated carbocycles. The number of benzene rings is 2. The van der Waals surface area contributed by atoms with Crippen molar-refractivity contribution in [2.45, 2.75) is 70.0 Å². The summed E-state index contributed by atoms with van der Waals surface area (Å²) in [6.45, 7) is 7.05. The smallest absolute Gasteiger partial charge is 0.157 e. The van der Waals surface area contributed by atoms with E-state index in [-0.39, 0.29) is 0 Å². The summed E-state index contributed by atoms with van der Waals surface area (Å²) in [4.78, 5) is 21.5. The number of carbonyl (C=O) groups excluding carboxylic acids is 1. The van der Waals surface area contributed by atoms with Crippen molar-refractivity contribution in [3.8, 4) is 11.5 Å². The zero-order chi connectivity index (χ0) is 25.2. The van der Waals surface area contributed by atoms with Crippen LogP contribution in [0.1, 0.15) is 47.7 Å². The van der Waals surface area contributed by atoms with Gasteiger partial charge in [0, 0.05) is 47.7 Å². The molecule has 2 bridgehead atoms. The van der Waals surface area contributed by atoms with Gasteiger partial charge in [0.1, 0.15) is 6.29 Å². The minimum Gasteiger partial charge on any atom is -0.385 e. The van der Waals surface area contributed by atoms with Gasteiger partial charge in [0.2, 0.25) is 0 Å². The fourth-order valence-corrected chi connectivity index (χ4v) is 6.98. The van der Waals surface area contributed by atoms with Gasteiger partial charge >= 0.3 is 0 Å². The summed E-state index contributed by atoms with van der Waals surface area (Å²) >= 11 is 0. The quantitative estimate of drug-likeness (QED) is 0.341. The number of imidazole rings is 1. The summed E-state index contributed by atoms with van der Waals surface area (Å²) in [6, 6.07) is 14.5. The molecule has 5 unspecified atom stereocenters. The van der Waals surface area contributed by atoms with E-state index in [9.17, 15) is 9.90 Å². The molecule has 190 valence electrons. The van der Waals surface area contributed by atoms with Gasteiger partial charge in [-0.05, 0) is 75.9 Å². The highest BCUT2D eigenvalue weighted by atomic mass is 16.3. The normalized spacial score (nSPS) is 30.8. The van der Waals surface area contributed by atoms with Gasteiger partial charge in [-0.2, -0.15) is 0 Å². The topological polar surface area (TPSA) is 66.3 Å². The van der Waals surface area contributed by atoms with E-state index in [1.165, 1.54) is 35.9 Å². The molecule has 5 atom stereocenters. The third-order valence-corrected chi connectivity index (χ3v) is 9.41. The lowest BCUT2D eigenvalue weighted by molar-refractivity contribution is 0.0399. The zero-order valence-corrected chi connectivity index (χ0v) is 21.7. The van der Waals surface area contributed by atoms with Crippen molar-refractivity contribution in [3.05, 3.63) is 53.1 Å². The van der Waals surface area contributed by atoms with Crippen molar-refractivity contribution in [1.29, 1.82) is 0 Å². The Morgan fingerprint density at radius 3 is 2.68 bits per heavy atom. The lowest BCUT2D eigenvalue weighted by atomic mass is 9.87. The van der Waals surface area contributed by atoms with Crippen molar-refractivity contribution < 1.29 is 9.90 Å². The number of aromatic nitrogens is 3. The van der Waals surface area contributed by atoms with Gasteiger partial charge in [-0.3, -0.25) is 14.6 Å². The maximum atomic E-state index is 11.5. The summed E-state index contributed by atoms with van der Waals surface area (Å²) in [5.74, 6) is 1.67. The van der Waals surface area contributed by atoms with E-state index in [0.29, 0.717) is 18.5 Å². The number of aldehydes is 1. The Hall–Kier alpha value is -3.00. The van der Waals surface area contributed by atoms with E-state index in [1.807, 2.05) is 19.1 Å². The number of nitrogens with zero attached hydrogens (tertiary/aromatic N) is 5. The number of fused-ring (bicyclic) bond motifs is 2. The molecule has 0 spiro atoms. The van der Waals surface area contributed by atoms with Crippen LogP contribution in [-0.4, -0.2) is 67.2 Å². The first-order chi connectivity index (χ1) is 17.9. The number of aliphatic hydroxyl groups is 1. The van der Waals surface area contributed by atoms with Crippen LogP contribution in [0.4, 0.5) is 0 Å². The SMILES string of the molecule is CN1CC2C3C1N23.Cc1cccc2c1cc(-c1nc3cc(C=O)cc4c3n1CCC4(C)O)n2CC1CC1. The summed E-state index contributed by atoms with van der Waals surface area (Å²) in [7, 11) is 2.21. The maximum Gasteiger partial charge on any atom is 0.157 e. The van der Waals surface area contributed by atoms with Crippen LogP contribution >= 0.6 is 0 Å². The molecule has 0 radical (unpaired) electrons. The number of hydrogen-bond acceptors (Lipinski definition) is 5. The van der Waals surface area contributed by atoms with E-state index < -0.39 is 5.60 Å². The highest BCUT2D eigenvalue weighted by molar-refractivity contribution is 5.93. The maximum absolute atomic E-state index is 11.5. The Balaban J connectivity index is 0.000000259. The molecular weight excluding hydrogens is 462 g/mol. The van der Waals surface area contributed by atoms with Crippen LogP contribution in [0.5, 0.6) is 0 Å². The molecule has 1 N–H and O–H groups in total. The fourth-order valence-electron chi connectivity index (χ4n) is 6.98. The molecule has 4 aromatic rings. The summed E-state index contributed by atoms with van der Waals surface area (Å²) in [6.07, 6.45) is 4.92. The van der Waals surface area contributed by atoms with Gasteiger partial charge < -0.3 is 14.2 Å². The van der Waals surface area contributed by atoms with Crippen molar-refractivity contribution in [1.82, 2.24) is 23.9 Å². The van der Waals surface area contributed by atoms with Crippen LogP contribution in [0.2, 0.25) is 0 Å². The van der Waals surface area contributed by atoms with E-state index in [4.69, 9.17) is 4.98 Å². The monoisotopic (exact) mass is 495 g/mol. The average molecular weight is 496 g/mol. The molecule has 7 nitrogen and oxygen atoms in total. The first-order valence-electron chi connectivity index (χ1n) is 13.6. The number of rotatable bonds is 4. The molecule has 5 fully saturated rings. The highest BCUT2D eigenvalue weighted by Gasteiger charge is 2.78. The van der Waals surface area contributed by atoms with Crippen LogP contribution < -0.4 is 0 Å². The average Bonchev–Trinajstić information content (AvgIpc) is 3.81. The van der Waals surface area contributed by atoms with Crippen molar-refractivity contribution in [3.63, 3.8) is 0 Å². The number of carbonyl (C=O) groups is 1. The molecule has 6 aliphatic rings. The molecular formula is C30H33N5O2. The Kier molecular flexibility index (Phi) is 4.35. The van der Waals surface area contributed by atoms with Crippen LogP contribution in [0.15, 0.2) is 36.4 Å². The largest absolute Gasteiger partial charge is 0.385 e. The Morgan fingerprint density at radius 1 is 1.22 bits per heavy atom. The number of likely N-dealkylation sites (N-methyl/N-ethyl adjacent to an activating group) is 1. The van der Waals surface area contributed by atoms with Gasteiger partial charge in [0.15, 0.2) is 5.82 Å².